The number of aromatic carboxylic acids is 2. The zero-order valence-electron chi connectivity index (χ0n) is 9.03. The molecule has 0 aliphatic rings. The fourth-order valence-electron chi connectivity index (χ4n) is 1.05. The highest BCUT2D eigenvalue weighted by atomic mass is 32.2. The van der Waals surface area contributed by atoms with Crippen molar-refractivity contribution in [2.45, 2.75) is 4.90 Å². The van der Waals surface area contributed by atoms with Crippen molar-refractivity contribution in [3.63, 3.8) is 0 Å². The highest BCUT2D eigenvalue weighted by Gasteiger charge is 2.21. The Hall–Kier alpha value is -2.01. The van der Waals surface area contributed by atoms with Crippen LogP contribution >= 0.6 is 0 Å². The Labute approximate surface area is 102 Å². The maximum Gasteiger partial charge on any atom is 0.337 e. The quantitative estimate of drug-likeness (QED) is 0.493. The molecule has 0 aliphatic heterocycles. The van der Waals surface area contributed by atoms with E-state index in [-0.39, 0.29) is 12.3 Å². The molecule has 0 aromatic heterocycles. The Morgan fingerprint density at radius 3 is 1.83 bits per heavy atom. The van der Waals surface area contributed by atoms with Gasteiger partial charge in [0, 0.05) is 0 Å². The van der Waals surface area contributed by atoms with Crippen LogP contribution in [0, 0.1) is 0 Å². The fraction of sp³-hybridized carbons (Fsp3) is 0. The van der Waals surface area contributed by atoms with E-state index in [4.69, 9.17) is 14.8 Å². The molecular weight excluding hydrogens is 268 g/mol. The van der Waals surface area contributed by atoms with Gasteiger partial charge in [0.2, 0.25) is 0 Å². The maximum atomic E-state index is 10.8. The van der Waals surface area contributed by atoms with Crippen LogP contribution in [0.2, 0.25) is 0 Å². The first-order valence-electron chi connectivity index (χ1n) is 3.81. The molecular formula is C8H12N2O7S. The zero-order chi connectivity index (χ0) is 12.5. The van der Waals surface area contributed by atoms with Crippen molar-refractivity contribution in [2.24, 2.45) is 0 Å². The summed E-state index contributed by atoms with van der Waals surface area (Å²) in [5, 5.41) is 17.2. The van der Waals surface area contributed by atoms with Gasteiger partial charge in [-0.25, -0.2) is 9.59 Å². The number of carboxylic acid groups (broad SMARTS) is 2. The summed E-state index contributed by atoms with van der Waals surface area (Å²) in [6.45, 7) is 0. The Kier molecular flexibility index (Phi) is 6.19. The predicted octanol–water partition coefficient (Wildman–Crippen LogP) is 0.654. The lowest BCUT2D eigenvalue weighted by Gasteiger charge is -2.03. The molecule has 9 N–H and O–H groups in total. The van der Waals surface area contributed by atoms with E-state index < -0.39 is 38.1 Å². The highest BCUT2D eigenvalue weighted by Crippen LogP contribution is 2.17. The van der Waals surface area contributed by atoms with Crippen LogP contribution in [0.3, 0.4) is 0 Å². The molecule has 0 fully saturated rings. The molecule has 0 bridgehead atoms. The molecule has 0 radical (unpaired) electrons. The molecule has 0 amide bonds. The van der Waals surface area contributed by atoms with E-state index >= 15 is 0 Å². The Balaban J connectivity index is 0. The molecule has 0 saturated heterocycles. The molecule has 1 rings (SSSR count). The van der Waals surface area contributed by atoms with Gasteiger partial charge < -0.3 is 22.5 Å². The summed E-state index contributed by atoms with van der Waals surface area (Å²) in [5.74, 6) is -3.01. The highest BCUT2D eigenvalue weighted by molar-refractivity contribution is 7.86. The van der Waals surface area contributed by atoms with Crippen molar-refractivity contribution < 1.29 is 32.8 Å². The first-order valence-corrected chi connectivity index (χ1v) is 5.25. The van der Waals surface area contributed by atoms with Crippen LogP contribution < -0.4 is 12.3 Å². The van der Waals surface area contributed by atoms with Crippen LogP contribution in [0.5, 0.6) is 0 Å². The largest absolute Gasteiger partial charge is 0.478 e. The number of hydrogen-bond acceptors (Lipinski definition) is 6. The molecule has 1 aromatic rings. The molecule has 18 heavy (non-hydrogen) atoms. The van der Waals surface area contributed by atoms with Crippen molar-refractivity contribution in [1.82, 2.24) is 12.3 Å². The van der Waals surface area contributed by atoms with E-state index in [0.29, 0.717) is 6.07 Å². The van der Waals surface area contributed by atoms with E-state index in [9.17, 15) is 18.0 Å². The van der Waals surface area contributed by atoms with Gasteiger partial charge in [-0.3, -0.25) is 4.55 Å². The Morgan fingerprint density at radius 1 is 1.00 bits per heavy atom. The summed E-state index contributed by atoms with van der Waals surface area (Å²) in [6.07, 6.45) is 0. The molecule has 10 heteroatoms. The molecule has 1 aromatic carbocycles. The van der Waals surface area contributed by atoms with Gasteiger partial charge in [-0.05, 0) is 18.2 Å². The van der Waals surface area contributed by atoms with Crippen molar-refractivity contribution in [3.05, 3.63) is 29.3 Å². The van der Waals surface area contributed by atoms with Crippen LogP contribution in [0.1, 0.15) is 20.7 Å². The summed E-state index contributed by atoms with van der Waals surface area (Å²) in [4.78, 5) is 20.2. The molecule has 102 valence electrons. The van der Waals surface area contributed by atoms with Gasteiger partial charge >= 0.3 is 11.9 Å². The van der Waals surface area contributed by atoms with E-state index in [1.165, 1.54) is 0 Å². The second-order valence-corrected chi connectivity index (χ2v) is 4.19. The average molecular weight is 280 g/mol. The van der Waals surface area contributed by atoms with E-state index in [0.717, 1.165) is 12.1 Å². The lowest BCUT2D eigenvalue weighted by atomic mass is 10.1. The van der Waals surface area contributed by atoms with Gasteiger partial charge in [0.25, 0.3) is 10.1 Å². The number of carboxylic acids is 2. The third-order valence-electron chi connectivity index (χ3n) is 1.74. The summed E-state index contributed by atoms with van der Waals surface area (Å²) in [5.41, 5.74) is -1.12. The van der Waals surface area contributed by atoms with Gasteiger partial charge in [-0.15, -0.1) is 0 Å². The number of benzene rings is 1. The Morgan fingerprint density at radius 2 is 1.50 bits per heavy atom. The lowest BCUT2D eigenvalue weighted by molar-refractivity contribution is 0.0677. The van der Waals surface area contributed by atoms with E-state index in [1.807, 2.05) is 0 Å². The molecule has 0 atom stereocenters. The van der Waals surface area contributed by atoms with Crippen LogP contribution in [0.25, 0.3) is 0 Å². The summed E-state index contributed by atoms with van der Waals surface area (Å²) >= 11 is 0. The molecule has 9 nitrogen and oxygen atoms in total. The minimum absolute atomic E-state index is 0. The molecule has 0 heterocycles. The molecule has 0 aliphatic carbocycles. The van der Waals surface area contributed by atoms with Crippen LogP contribution in [0.4, 0.5) is 0 Å². The van der Waals surface area contributed by atoms with Crippen molar-refractivity contribution in [3.8, 4) is 0 Å². The number of carbonyl (C=O) groups is 2. The Bertz CT molecular complexity index is 567. The standard InChI is InChI=1S/C8H6O7S.2H3N/c9-7(10)4-1-2-5(8(11)12)6(3-4)16(13,14)15;;/h1-3H,(H,9,10)(H,11,12)(H,13,14,15);2*1H3. The van der Waals surface area contributed by atoms with Crippen molar-refractivity contribution in [1.29, 1.82) is 0 Å². The third-order valence-corrected chi connectivity index (χ3v) is 2.63. The van der Waals surface area contributed by atoms with Crippen molar-refractivity contribution in [2.75, 3.05) is 0 Å². The lowest BCUT2D eigenvalue weighted by Crippen LogP contribution is -2.10. The average Bonchev–Trinajstić information content (AvgIpc) is 2.15. The second-order valence-electron chi connectivity index (χ2n) is 2.80. The number of hydrogen-bond donors (Lipinski definition) is 5. The maximum absolute atomic E-state index is 10.8. The number of rotatable bonds is 3. The monoisotopic (exact) mass is 280 g/mol. The molecule has 0 spiro atoms. The van der Waals surface area contributed by atoms with Gasteiger partial charge in [-0.2, -0.15) is 8.42 Å². The van der Waals surface area contributed by atoms with Gasteiger partial charge in [0.15, 0.2) is 0 Å². The fourth-order valence-corrected chi connectivity index (χ4v) is 1.75. The first-order chi connectivity index (χ1) is 7.23. The summed E-state index contributed by atoms with van der Waals surface area (Å²) in [6, 6.07) is 2.32. The minimum Gasteiger partial charge on any atom is -0.478 e. The van der Waals surface area contributed by atoms with Crippen LogP contribution in [-0.2, 0) is 10.1 Å². The van der Waals surface area contributed by atoms with Crippen LogP contribution in [0.15, 0.2) is 23.1 Å². The van der Waals surface area contributed by atoms with Crippen molar-refractivity contribution >= 4 is 22.1 Å². The van der Waals surface area contributed by atoms with Crippen LogP contribution in [-0.4, -0.2) is 35.1 Å². The predicted molar refractivity (Wildman–Crippen MR) is 60.2 cm³/mol. The normalized spacial score (nSPS) is 9.83. The topological polar surface area (TPSA) is 199 Å². The SMILES string of the molecule is N.N.O=C(O)c1ccc(C(=O)O)c(S(=O)(=O)O)c1. The minimum atomic E-state index is -4.78. The summed E-state index contributed by atoms with van der Waals surface area (Å²) in [7, 11) is -4.78. The van der Waals surface area contributed by atoms with Gasteiger partial charge in [-0.1, -0.05) is 0 Å². The molecule has 0 unspecified atom stereocenters. The van der Waals surface area contributed by atoms with Gasteiger partial charge in [0.05, 0.1) is 11.1 Å². The zero-order valence-corrected chi connectivity index (χ0v) is 9.85. The van der Waals surface area contributed by atoms with Gasteiger partial charge in [0.1, 0.15) is 4.90 Å². The van der Waals surface area contributed by atoms with E-state index in [1.54, 1.807) is 0 Å². The van der Waals surface area contributed by atoms with E-state index in [2.05, 4.69) is 0 Å². The third kappa shape index (κ3) is 3.78. The second kappa shape index (κ2) is 6.07. The summed E-state index contributed by atoms with van der Waals surface area (Å²) < 4.78 is 30.4. The molecule has 0 saturated carbocycles. The smallest absolute Gasteiger partial charge is 0.337 e. The first kappa shape index (κ1) is 18.4.